The average Bonchev–Trinajstić information content (AvgIpc) is 3.16. The lowest BCUT2D eigenvalue weighted by Gasteiger charge is -2.16. The molecule has 0 saturated carbocycles. The largest absolute Gasteiger partial charge is 0.462 e. The lowest BCUT2D eigenvalue weighted by molar-refractivity contribution is -0.146. The van der Waals surface area contributed by atoms with Gasteiger partial charge in [0.2, 0.25) is 5.91 Å². The summed E-state index contributed by atoms with van der Waals surface area (Å²) < 4.78 is 9.69. The van der Waals surface area contributed by atoms with E-state index in [-0.39, 0.29) is 36.6 Å². The summed E-state index contributed by atoms with van der Waals surface area (Å²) in [6, 6.07) is 0.413. The molecular formula is C18H30BrN3O5S. The standard InChI is InChI=1S/C18H30BrN3O5S/c1-18(2,19)16(24)27-10-9-26-8-7-20-14(23)6-4-3-5-13-15-12(11-28-13)21-17(25)22-15/h12-13,15H,3-11H2,1-2H3,(H,20,23)(H2,21,22,25)/t12-,13-,15-/m0/s1. The molecule has 2 fully saturated rings. The van der Waals surface area contributed by atoms with Crippen LogP contribution in [-0.4, -0.2) is 71.7 Å². The number of halogens is 1. The predicted molar refractivity (Wildman–Crippen MR) is 112 cm³/mol. The fraction of sp³-hybridized carbons (Fsp3) is 0.833. The summed E-state index contributed by atoms with van der Waals surface area (Å²) in [4.78, 5) is 34.7. The molecule has 0 aliphatic carbocycles. The number of esters is 1. The van der Waals surface area contributed by atoms with E-state index in [0.29, 0.717) is 31.4 Å². The van der Waals surface area contributed by atoms with Crippen LogP contribution in [-0.2, 0) is 19.1 Å². The van der Waals surface area contributed by atoms with Gasteiger partial charge in [0, 0.05) is 24.0 Å². The van der Waals surface area contributed by atoms with Crippen LogP contribution in [0.4, 0.5) is 4.79 Å². The first-order valence-corrected chi connectivity index (χ1v) is 11.5. The molecule has 0 radical (unpaired) electrons. The lowest BCUT2D eigenvalue weighted by Crippen LogP contribution is -2.36. The van der Waals surface area contributed by atoms with Gasteiger partial charge in [-0.3, -0.25) is 9.59 Å². The quantitative estimate of drug-likeness (QED) is 0.170. The van der Waals surface area contributed by atoms with Gasteiger partial charge in [-0.25, -0.2) is 4.79 Å². The summed E-state index contributed by atoms with van der Waals surface area (Å²) in [7, 11) is 0. The summed E-state index contributed by atoms with van der Waals surface area (Å²) in [6.07, 6.45) is 3.30. The summed E-state index contributed by atoms with van der Waals surface area (Å²) in [5.74, 6) is 0.646. The van der Waals surface area contributed by atoms with Gasteiger partial charge in [0.25, 0.3) is 0 Å². The molecule has 2 saturated heterocycles. The Labute approximate surface area is 178 Å². The SMILES string of the molecule is CC(C)(Br)C(=O)OCCOCCNC(=O)CCCC[C@@H]1SC[C@@H]2NC(=O)N[C@@H]21. The molecule has 0 bridgehead atoms. The number of fused-ring (bicyclic) bond motifs is 1. The van der Waals surface area contributed by atoms with Crippen LogP contribution in [0.2, 0.25) is 0 Å². The molecule has 2 heterocycles. The molecule has 0 aromatic heterocycles. The summed E-state index contributed by atoms with van der Waals surface area (Å²) in [6.45, 7) is 4.76. The monoisotopic (exact) mass is 479 g/mol. The number of ether oxygens (including phenoxy) is 2. The third kappa shape index (κ3) is 7.79. The molecular weight excluding hydrogens is 450 g/mol. The van der Waals surface area contributed by atoms with Crippen LogP contribution in [0, 0.1) is 0 Å². The number of rotatable bonds is 12. The van der Waals surface area contributed by atoms with Crippen LogP contribution in [0.3, 0.4) is 0 Å². The maximum absolute atomic E-state index is 11.8. The summed E-state index contributed by atoms with van der Waals surface area (Å²) >= 11 is 5.12. The van der Waals surface area contributed by atoms with Crippen LogP contribution >= 0.6 is 27.7 Å². The van der Waals surface area contributed by atoms with Gasteiger partial charge in [0.1, 0.15) is 10.9 Å². The second-order valence-electron chi connectivity index (χ2n) is 7.44. The van der Waals surface area contributed by atoms with Crippen molar-refractivity contribution in [1.29, 1.82) is 0 Å². The van der Waals surface area contributed by atoms with Crippen molar-refractivity contribution in [1.82, 2.24) is 16.0 Å². The fourth-order valence-corrected chi connectivity index (χ4v) is 4.75. The predicted octanol–water partition coefficient (Wildman–Crippen LogP) is 1.56. The molecule has 8 nitrogen and oxygen atoms in total. The third-order valence-corrected chi connectivity index (χ3v) is 6.43. The van der Waals surface area contributed by atoms with Gasteiger partial charge in [0.15, 0.2) is 0 Å². The van der Waals surface area contributed by atoms with Gasteiger partial charge in [0.05, 0.1) is 25.3 Å². The number of thioether (sulfide) groups is 1. The molecule has 0 aromatic rings. The van der Waals surface area contributed by atoms with Crippen LogP contribution in [0.5, 0.6) is 0 Å². The molecule has 160 valence electrons. The molecule has 0 spiro atoms. The van der Waals surface area contributed by atoms with Crippen molar-refractivity contribution in [2.24, 2.45) is 0 Å². The van der Waals surface area contributed by atoms with Crippen LogP contribution in [0.15, 0.2) is 0 Å². The maximum Gasteiger partial charge on any atom is 0.322 e. The van der Waals surface area contributed by atoms with Crippen molar-refractivity contribution in [3.8, 4) is 0 Å². The zero-order chi connectivity index (χ0) is 20.6. The van der Waals surface area contributed by atoms with E-state index in [1.54, 1.807) is 13.8 Å². The van der Waals surface area contributed by atoms with Crippen molar-refractivity contribution < 1.29 is 23.9 Å². The minimum Gasteiger partial charge on any atom is -0.462 e. The normalized spacial score (nSPS) is 23.7. The molecule has 0 aromatic carbocycles. The van der Waals surface area contributed by atoms with E-state index in [9.17, 15) is 14.4 Å². The summed E-state index contributed by atoms with van der Waals surface area (Å²) in [5, 5.41) is 9.18. The number of nitrogens with one attached hydrogen (secondary N) is 3. The van der Waals surface area contributed by atoms with Gasteiger partial charge < -0.3 is 25.4 Å². The second-order valence-corrected chi connectivity index (χ2v) is 10.7. The topological polar surface area (TPSA) is 106 Å². The van der Waals surface area contributed by atoms with Crippen molar-refractivity contribution in [3.63, 3.8) is 0 Å². The van der Waals surface area contributed by atoms with Gasteiger partial charge in [-0.05, 0) is 26.7 Å². The molecule has 3 atom stereocenters. The Kier molecular flexibility index (Phi) is 9.36. The van der Waals surface area contributed by atoms with E-state index in [2.05, 4.69) is 31.9 Å². The van der Waals surface area contributed by atoms with E-state index in [1.807, 2.05) is 11.8 Å². The zero-order valence-corrected chi connectivity index (χ0v) is 18.8. The van der Waals surface area contributed by atoms with Gasteiger partial charge >= 0.3 is 12.0 Å². The first-order valence-electron chi connectivity index (χ1n) is 9.66. The molecule has 2 aliphatic rings. The Balaban J connectivity index is 1.41. The number of urea groups is 1. The number of hydrogen-bond acceptors (Lipinski definition) is 6. The van der Waals surface area contributed by atoms with E-state index < -0.39 is 4.32 Å². The van der Waals surface area contributed by atoms with Crippen LogP contribution in [0.25, 0.3) is 0 Å². The highest BCUT2D eigenvalue weighted by Gasteiger charge is 2.42. The van der Waals surface area contributed by atoms with Crippen molar-refractivity contribution >= 4 is 45.6 Å². The number of carbonyl (C=O) groups is 3. The average molecular weight is 480 g/mol. The molecule has 0 unspecified atom stereocenters. The number of unbranched alkanes of at least 4 members (excludes halogenated alkanes) is 1. The van der Waals surface area contributed by atoms with Crippen molar-refractivity contribution in [2.45, 2.75) is 61.2 Å². The number of alkyl halides is 1. The van der Waals surface area contributed by atoms with Crippen LogP contribution < -0.4 is 16.0 Å². The molecule has 3 amide bonds. The first kappa shape index (κ1) is 23.3. The van der Waals surface area contributed by atoms with E-state index in [4.69, 9.17) is 9.47 Å². The van der Waals surface area contributed by atoms with Crippen molar-refractivity contribution in [2.75, 3.05) is 32.1 Å². The minimum atomic E-state index is -0.693. The van der Waals surface area contributed by atoms with E-state index >= 15 is 0 Å². The number of carbonyl (C=O) groups excluding carboxylic acids is 3. The highest BCUT2D eigenvalue weighted by atomic mass is 79.9. The highest BCUT2D eigenvalue weighted by molar-refractivity contribution is 9.10. The smallest absolute Gasteiger partial charge is 0.322 e. The van der Waals surface area contributed by atoms with Crippen molar-refractivity contribution in [3.05, 3.63) is 0 Å². The maximum atomic E-state index is 11.8. The van der Waals surface area contributed by atoms with Gasteiger partial charge in [-0.2, -0.15) is 11.8 Å². The Morgan fingerprint density at radius 1 is 1.25 bits per heavy atom. The number of amides is 3. The molecule has 28 heavy (non-hydrogen) atoms. The molecule has 2 rings (SSSR count). The molecule has 3 N–H and O–H groups in total. The Bertz CT molecular complexity index is 558. The Morgan fingerprint density at radius 3 is 2.79 bits per heavy atom. The third-order valence-electron chi connectivity index (χ3n) is 4.60. The molecule has 10 heteroatoms. The van der Waals surface area contributed by atoms with E-state index in [0.717, 1.165) is 25.0 Å². The minimum absolute atomic E-state index is 0.0175. The fourth-order valence-electron chi connectivity index (χ4n) is 3.09. The summed E-state index contributed by atoms with van der Waals surface area (Å²) in [5.41, 5.74) is 0. The number of hydrogen-bond donors (Lipinski definition) is 3. The Morgan fingerprint density at radius 2 is 2.04 bits per heavy atom. The molecule has 2 aliphatic heterocycles. The Hall–Kier alpha value is -1.00. The zero-order valence-electron chi connectivity index (χ0n) is 16.4. The van der Waals surface area contributed by atoms with Gasteiger partial charge in [-0.15, -0.1) is 0 Å². The van der Waals surface area contributed by atoms with Gasteiger partial charge in [-0.1, -0.05) is 22.4 Å². The van der Waals surface area contributed by atoms with Crippen LogP contribution in [0.1, 0.15) is 39.5 Å². The highest BCUT2D eigenvalue weighted by Crippen LogP contribution is 2.33. The lowest BCUT2D eigenvalue weighted by atomic mass is 10.0. The second kappa shape index (κ2) is 11.3. The first-order chi connectivity index (χ1) is 13.3. The van der Waals surface area contributed by atoms with E-state index in [1.165, 1.54) is 0 Å².